The molecule has 88 valence electrons. The van der Waals surface area contributed by atoms with Gasteiger partial charge in [-0.1, -0.05) is 19.3 Å². The molecule has 0 aliphatic heterocycles. The van der Waals surface area contributed by atoms with E-state index in [0.29, 0.717) is 12.3 Å². The molecule has 0 unspecified atom stereocenters. The molecule has 3 aliphatic carbocycles. The van der Waals surface area contributed by atoms with Crippen molar-refractivity contribution in [1.82, 2.24) is 0 Å². The van der Waals surface area contributed by atoms with E-state index in [0.717, 1.165) is 19.3 Å². The molecular formula is C13H18O3. The largest absolute Gasteiger partial charge is 0.481 e. The minimum Gasteiger partial charge on any atom is -0.481 e. The maximum Gasteiger partial charge on any atom is 0.307 e. The zero-order chi connectivity index (χ0) is 11.3. The van der Waals surface area contributed by atoms with Crippen LogP contribution in [0.25, 0.3) is 0 Å². The molecule has 0 bridgehead atoms. The van der Waals surface area contributed by atoms with Crippen molar-refractivity contribution in [3.8, 4) is 0 Å². The van der Waals surface area contributed by atoms with Crippen LogP contribution in [-0.4, -0.2) is 16.9 Å². The van der Waals surface area contributed by atoms with Gasteiger partial charge in [-0.05, 0) is 31.1 Å². The molecule has 3 nitrogen and oxygen atoms in total. The molecule has 3 heteroatoms. The predicted molar refractivity (Wildman–Crippen MR) is 57.9 cm³/mol. The maximum atomic E-state index is 12.1. The number of aliphatic carboxylic acids is 1. The SMILES string of the molecule is O=C(O)[C@@H]1[C@@H]2CCC(=O)[C@@]12C1CCCCC1. The van der Waals surface area contributed by atoms with Gasteiger partial charge in [0.2, 0.25) is 0 Å². The zero-order valence-corrected chi connectivity index (χ0v) is 9.45. The highest BCUT2D eigenvalue weighted by Gasteiger charge is 2.76. The topological polar surface area (TPSA) is 54.4 Å². The summed E-state index contributed by atoms with van der Waals surface area (Å²) in [6.07, 6.45) is 7.22. The molecule has 1 N–H and O–H groups in total. The Balaban J connectivity index is 1.89. The van der Waals surface area contributed by atoms with E-state index < -0.39 is 11.4 Å². The highest BCUT2D eigenvalue weighted by Crippen LogP contribution is 2.72. The molecule has 16 heavy (non-hydrogen) atoms. The molecule has 3 fully saturated rings. The quantitative estimate of drug-likeness (QED) is 0.779. The van der Waals surface area contributed by atoms with E-state index in [-0.39, 0.29) is 17.6 Å². The van der Waals surface area contributed by atoms with Crippen LogP contribution < -0.4 is 0 Å². The van der Waals surface area contributed by atoms with E-state index in [4.69, 9.17) is 0 Å². The molecule has 0 amide bonds. The van der Waals surface area contributed by atoms with Crippen molar-refractivity contribution >= 4 is 11.8 Å². The van der Waals surface area contributed by atoms with Crippen LogP contribution in [0.3, 0.4) is 0 Å². The highest BCUT2D eigenvalue weighted by molar-refractivity contribution is 5.98. The average molecular weight is 222 g/mol. The van der Waals surface area contributed by atoms with Crippen molar-refractivity contribution < 1.29 is 14.7 Å². The second-order valence-electron chi connectivity index (χ2n) is 5.65. The number of Topliss-reactive ketones (excluding diaryl/α,β-unsaturated/α-hetero) is 1. The zero-order valence-electron chi connectivity index (χ0n) is 9.45. The van der Waals surface area contributed by atoms with Crippen LogP contribution in [0.15, 0.2) is 0 Å². The highest BCUT2D eigenvalue weighted by atomic mass is 16.4. The van der Waals surface area contributed by atoms with Crippen molar-refractivity contribution in [2.24, 2.45) is 23.2 Å². The van der Waals surface area contributed by atoms with E-state index in [1.54, 1.807) is 0 Å². The first kappa shape index (κ1) is 10.3. The summed E-state index contributed by atoms with van der Waals surface area (Å²) >= 11 is 0. The van der Waals surface area contributed by atoms with Gasteiger partial charge in [-0.25, -0.2) is 0 Å². The number of ketones is 1. The Morgan fingerprint density at radius 1 is 1.19 bits per heavy atom. The smallest absolute Gasteiger partial charge is 0.307 e. The molecule has 0 heterocycles. The van der Waals surface area contributed by atoms with Crippen molar-refractivity contribution in [3.63, 3.8) is 0 Å². The third kappa shape index (κ3) is 1.09. The normalized spacial score (nSPS) is 43.1. The summed E-state index contributed by atoms with van der Waals surface area (Å²) in [4.78, 5) is 23.3. The Morgan fingerprint density at radius 2 is 1.88 bits per heavy atom. The van der Waals surface area contributed by atoms with Crippen LogP contribution in [0.1, 0.15) is 44.9 Å². The maximum absolute atomic E-state index is 12.1. The van der Waals surface area contributed by atoms with Gasteiger partial charge >= 0.3 is 5.97 Å². The van der Waals surface area contributed by atoms with Crippen molar-refractivity contribution in [2.75, 3.05) is 0 Å². The van der Waals surface area contributed by atoms with E-state index in [9.17, 15) is 14.7 Å². The van der Waals surface area contributed by atoms with E-state index in [1.165, 1.54) is 19.3 Å². The number of carbonyl (C=O) groups is 2. The first-order chi connectivity index (χ1) is 7.69. The lowest BCUT2D eigenvalue weighted by molar-refractivity contribution is -0.143. The van der Waals surface area contributed by atoms with E-state index >= 15 is 0 Å². The molecule has 0 radical (unpaired) electrons. The van der Waals surface area contributed by atoms with E-state index in [1.807, 2.05) is 0 Å². The van der Waals surface area contributed by atoms with Crippen LogP contribution in [-0.2, 0) is 9.59 Å². The lowest BCUT2D eigenvalue weighted by Crippen LogP contribution is -2.30. The molecular weight excluding hydrogens is 204 g/mol. The van der Waals surface area contributed by atoms with Gasteiger partial charge in [0, 0.05) is 11.8 Å². The van der Waals surface area contributed by atoms with Gasteiger partial charge < -0.3 is 5.11 Å². The Labute approximate surface area is 95.2 Å². The minimum absolute atomic E-state index is 0.181. The lowest BCUT2D eigenvalue weighted by Gasteiger charge is -2.29. The molecule has 3 atom stereocenters. The number of fused-ring (bicyclic) bond motifs is 1. The van der Waals surface area contributed by atoms with Crippen LogP contribution in [0.5, 0.6) is 0 Å². The second-order valence-corrected chi connectivity index (χ2v) is 5.65. The predicted octanol–water partition coefficient (Wildman–Crippen LogP) is 2.25. The van der Waals surface area contributed by atoms with Gasteiger partial charge in [-0.2, -0.15) is 0 Å². The molecule has 0 aromatic heterocycles. The summed E-state index contributed by atoms with van der Waals surface area (Å²) in [7, 11) is 0. The summed E-state index contributed by atoms with van der Waals surface area (Å²) in [6.45, 7) is 0. The monoisotopic (exact) mass is 222 g/mol. The second kappa shape index (κ2) is 3.31. The first-order valence-electron chi connectivity index (χ1n) is 6.45. The van der Waals surface area contributed by atoms with E-state index in [2.05, 4.69) is 0 Å². The summed E-state index contributed by atoms with van der Waals surface area (Å²) < 4.78 is 0. The van der Waals surface area contributed by atoms with Gasteiger partial charge in [-0.15, -0.1) is 0 Å². The summed E-state index contributed by atoms with van der Waals surface area (Å²) in [6, 6.07) is 0. The van der Waals surface area contributed by atoms with Crippen LogP contribution in [0.4, 0.5) is 0 Å². The van der Waals surface area contributed by atoms with Crippen molar-refractivity contribution in [2.45, 2.75) is 44.9 Å². The van der Waals surface area contributed by atoms with Gasteiger partial charge in [0.25, 0.3) is 0 Å². The van der Waals surface area contributed by atoms with Crippen molar-refractivity contribution in [3.05, 3.63) is 0 Å². The summed E-state index contributed by atoms with van der Waals surface area (Å²) in [5.74, 6) is -0.250. The molecule has 0 saturated heterocycles. The van der Waals surface area contributed by atoms with Gasteiger partial charge in [-0.3, -0.25) is 9.59 Å². The average Bonchev–Trinajstić information content (AvgIpc) is 2.87. The molecule has 0 aromatic rings. The fraction of sp³-hybridized carbons (Fsp3) is 0.846. The number of hydrogen-bond donors (Lipinski definition) is 1. The van der Waals surface area contributed by atoms with Crippen LogP contribution in [0.2, 0.25) is 0 Å². The molecule has 0 spiro atoms. The molecule has 3 rings (SSSR count). The number of carbonyl (C=O) groups excluding carboxylic acids is 1. The van der Waals surface area contributed by atoms with Gasteiger partial charge in [0.1, 0.15) is 5.78 Å². The van der Waals surface area contributed by atoms with Crippen molar-refractivity contribution in [1.29, 1.82) is 0 Å². The number of carboxylic acids is 1. The van der Waals surface area contributed by atoms with Crippen LogP contribution in [0, 0.1) is 23.2 Å². The fourth-order valence-electron chi connectivity index (χ4n) is 4.51. The Hall–Kier alpha value is -0.860. The number of hydrogen-bond acceptors (Lipinski definition) is 2. The standard InChI is InChI=1S/C13H18O3/c14-10-7-6-9-11(12(15)16)13(9,10)8-4-2-1-3-5-8/h8-9,11H,1-7H2,(H,15,16)/t9-,11-,13-/m0/s1. The molecule has 0 aromatic carbocycles. The Bertz CT molecular complexity index is 343. The third-order valence-corrected chi connectivity index (χ3v) is 5.13. The number of rotatable bonds is 2. The minimum atomic E-state index is -0.733. The third-order valence-electron chi connectivity index (χ3n) is 5.13. The summed E-state index contributed by atoms with van der Waals surface area (Å²) in [5.41, 5.74) is -0.410. The summed E-state index contributed by atoms with van der Waals surface area (Å²) in [5, 5.41) is 9.22. The Kier molecular flexibility index (Phi) is 2.13. The fourth-order valence-corrected chi connectivity index (χ4v) is 4.51. The Morgan fingerprint density at radius 3 is 2.44 bits per heavy atom. The lowest BCUT2D eigenvalue weighted by atomic mass is 9.74. The van der Waals surface area contributed by atoms with Gasteiger partial charge in [0.15, 0.2) is 0 Å². The molecule has 3 aliphatic rings. The number of carboxylic acid groups (broad SMARTS) is 1. The molecule has 3 saturated carbocycles. The van der Waals surface area contributed by atoms with Gasteiger partial charge in [0.05, 0.1) is 5.92 Å². The van der Waals surface area contributed by atoms with Crippen LogP contribution >= 0.6 is 0 Å². The first-order valence-corrected chi connectivity index (χ1v) is 6.45.